The molecule has 2 heterocycles. The van der Waals surface area contributed by atoms with Gasteiger partial charge in [0.1, 0.15) is 35.2 Å². The molecule has 0 aliphatic heterocycles. The third-order valence-corrected chi connectivity index (χ3v) is 6.99. The maximum Gasteiger partial charge on any atom is 0.150 e. The molecule has 0 unspecified atom stereocenters. The summed E-state index contributed by atoms with van der Waals surface area (Å²) in [5, 5.41) is 3.60. The van der Waals surface area contributed by atoms with Crippen LogP contribution in [0.2, 0.25) is 0 Å². The Balaban J connectivity index is 1.40. The molecule has 1 fully saturated rings. The first-order chi connectivity index (χ1) is 17.1. The average molecular weight is 470 g/mol. The minimum Gasteiger partial charge on any atom is -0.489 e. The van der Waals surface area contributed by atoms with Crippen LogP contribution in [0.4, 0.5) is 5.82 Å². The summed E-state index contributed by atoms with van der Waals surface area (Å²) in [6, 6.07) is 18.9. The number of ether oxygens (including phenoxy) is 1. The predicted octanol–water partition coefficient (Wildman–Crippen LogP) is 5.83. The highest BCUT2D eigenvalue weighted by Crippen LogP contribution is 2.38. The summed E-state index contributed by atoms with van der Waals surface area (Å²) in [5.41, 5.74) is 10.3. The number of nitrogens with one attached hydrogen (secondary N) is 1. The molecule has 0 bridgehead atoms. The van der Waals surface area contributed by atoms with E-state index in [0.717, 1.165) is 59.2 Å². The molecule has 35 heavy (non-hydrogen) atoms. The number of imidazole rings is 1. The number of benzene rings is 2. The van der Waals surface area contributed by atoms with Gasteiger partial charge in [-0.3, -0.25) is 4.40 Å². The Morgan fingerprint density at radius 2 is 1.86 bits per heavy atom. The maximum absolute atomic E-state index is 6.39. The molecule has 0 saturated heterocycles. The van der Waals surface area contributed by atoms with Crippen molar-refractivity contribution >= 4 is 11.3 Å². The Labute approximate surface area is 207 Å². The molecular formula is C29H35N5O. The van der Waals surface area contributed by atoms with Crippen molar-refractivity contribution < 1.29 is 4.74 Å². The third kappa shape index (κ3) is 5.33. The lowest BCUT2D eigenvalue weighted by Gasteiger charge is -2.28. The minimum atomic E-state index is 0.422. The van der Waals surface area contributed by atoms with Crippen LogP contribution in [0.5, 0.6) is 5.75 Å². The standard InChI is InChI=1S/C29H35N5O/c1-20(2)32-18-21-11-13-23(14-12-21)29-33-26(27-28(30)31-15-16-34(27)29)24-9-6-10-25(17-24)35-19-22-7-4-3-5-8-22/h3-10,15-17,20-21,23,32H,11-14,18-19H2,1-2H3,(H2,30,31). The van der Waals surface area contributed by atoms with Gasteiger partial charge < -0.3 is 15.8 Å². The second-order valence-electron chi connectivity index (χ2n) is 9.93. The molecule has 0 spiro atoms. The van der Waals surface area contributed by atoms with Crippen LogP contribution in [0.15, 0.2) is 67.0 Å². The summed E-state index contributed by atoms with van der Waals surface area (Å²) in [6.45, 7) is 6.05. The number of aromatic nitrogens is 3. The van der Waals surface area contributed by atoms with Crippen molar-refractivity contribution in [1.29, 1.82) is 0 Å². The SMILES string of the molecule is CC(C)NCC1CCC(c2nc(-c3cccc(OCc4ccccc4)c3)c3c(N)nccn23)CC1. The third-order valence-electron chi connectivity index (χ3n) is 6.99. The van der Waals surface area contributed by atoms with E-state index in [1.165, 1.54) is 12.8 Å². The Morgan fingerprint density at radius 3 is 2.63 bits per heavy atom. The first-order valence-corrected chi connectivity index (χ1v) is 12.7. The highest BCUT2D eigenvalue weighted by atomic mass is 16.5. The van der Waals surface area contributed by atoms with E-state index in [1.54, 1.807) is 6.20 Å². The van der Waals surface area contributed by atoms with Crippen molar-refractivity contribution in [2.45, 2.75) is 58.1 Å². The highest BCUT2D eigenvalue weighted by molar-refractivity contribution is 5.85. The van der Waals surface area contributed by atoms with E-state index in [-0.39, 0.29) is 0 Å². The van der Waals surface area contributed by atoms with Crippen LogP contribution in [0.25, 0.3) is 16.8 Å². The van der Waals surface area contributed by atoms with Gasteiger partial charge in [-0.15, -0.1) is 0 Å². The van der Waals surface area contributed by atoms with Crippen LogP contribution in [0.3, 0.4) is 0 Å². The smallest absolute Gasteiger partial charge is 0.150 e. The molecule has 5 rings (SSSR count). The number of fused-ring (bicyclic) bond motifs is 1. The fourth-order valence-corrected chi connectivity index (χ4v) is 5.08. The van der Waals surface area contributed by atoms with Crippen molar-refractivity contribution in [3.05, 3.63) is 78.4 Å². The summed E-state index contributed by atoms with van der Waals surface area (Å²) in [4.78, 5) is 9.56. The zero-order valence-electron chi connectivity index (χ0n) is 20.7. The molecule has 0 radical (unpaired) electrons. The monoisotopic (exact) mass is 469 g/mol. The molecule has 1 saturated carbocycles. The summed E-state index contributed by atoms with van der Waals surface area (Å²) >= 11 is 0. The largest absolute Gasteiger partial charge is 0.489 e. The van der Waals surface area contributed by atoms with E-state index in [4.69, 9.17) is 15.5 Å². The van der Waals surface area contributed by atoms with Gasteiger partial charge in [-0.2, -0.15) is 0 Å². The molecule has 4 aromatic rings. The topological polar surface area (TPSA) is 77.5 Å². The lowest BCUT2D eigenvalue weighted by atomic mass is 9.81. The number of hydrogen-bond acceptors (Lipinski definition) is 5. The lowest BCUT2D eigenvalue weighted by molar-refractivity contribution is 0.302. The molecule has 0 amide bonds. The molecule has 3 N–H and O–H groups in total. The fourth-order valence-electron chi connectivity index (χ4n) is 5.08. The van der Waals surface area contributed by atoms with Gasteiger partial charge in [0.2, 0.25) is 0 Å². The number of nitrogens with two attached hydrogens (primary N) is 1. The van der Waals surface area contributed by atoms with Gasteiger partial charge in [0.25, 0.3) is 0 Å². The zero-order chi connectivity index (χ0) is 24.2. The summed E-state index contributed by atoms with van der Waals surface area (Å²) in [5.74, 6) is 3.58. The predicted molar refractivity (Wildman–Crippen MR) is 141 cm³/mol. The molecule has 2 aromatic carbocycles. The molecule has 6 heteroatoms. The van der Waals surface area contributed by atoms with Crippen LogP contribution in [0, 0.1) is 5.92 Å². The van der Waals surface area contributed by atoms with Crippen LogP contribution in [-0.4, -0.2) is 27.0 Å². The van der Waals surface area contributed by atoms with Crippen molar-refractivity contribution in [1.82, 2.24) is 19.7 Å². The average Bonchev–Trinajstić information content (AvgIpc) is 3.28. The van der Waals surface area contributed by atoms with E-state index in [1.807, 2.05) is 36.5 Å². The van der Waals surface area contributed by atoms with Gasteiger partial charge in [0.05, 0.1) is 0 Å². The first-order valence-electron chi connectivity index (χ1n) is 12.7. The molecular weight excluding hydrogens is 434 g/mol. The van der Waals surface area contributed by atoms with Crippen LogP contribution in [0.1, 0.15) is 56.8 Å². The zero-order valence-corrected chi connectivity index (χ0v) is 20.7. The molecule has 182 valence electrons. The van der Waals surface area contributed by atoms with E-state index in [9.17, 15) is 0 Å². The maximum atomic E-state index is 6.39. The van der Waals surface area contributed by atoms with Crippen LogP contribution >= 0.6 is 0 Å². The van der Waals surface area contributed by atoms with Gasteiger partial charge in [0, 0.05) is 29.9 Å². The Bertz CT molecular complexity index is 1260. The molecule has 2 aromatic heterocycles. The highest BCUT2D eigenvalue weighted by Gasteiger charge is 2.27. The number of anilines is 1. The van der Waals surface area contributed by atoms with Gasteiger partial charge in [0.15, 0.2) is 0 Å². The van der Waals surface area contributed by atoms with Crippen molar-refractivity contribution in [3.8, 4) is 17.0 Å². The van der Waals surface area contributed by atoms with E-state index >= 15 is 0 Å². The van der Waals surface area contributed by atoms with Gasteiger partial charge in [-0.1, -0.05) is 56.3 Å². The number of nitrogen functional groups attached to an aromatic ring is 1. The summed E-state index contributed by atoms with van der Waals surface area (Å²) in [7, 11) is 0. The van der Waals surface area contributed by atoms with Crippen molar-refractivity contribution in [2.24, 2.45) is 5.92 Å². The fraction of sp³-hybridized carbons (Fsp3) is 0.379. The molecule has 6 nitrogen and oxygen atoms in total. The minimum absolute atomic E-state index is 0.422. The number of hydrogen-bond donors (Lipinski definition) is 2. The molecule has 1 aliphatic carbocycles. The van der Waals surface area contributed by atoms with E-state index < -0.39 is 0 Å². The van der Waals surface area contributed by atoms with Gasteiger partial charge >= 0.3 is 0 Å². The summed E-state index contributed by atoms with van der Waals surface area (Å²) in [6.07, 6.45) is 8.50. The second-order valence-corrected chi connectivity index (χ2v) is 9.93. The van der Waals surface area contributed by atoms with Gasteiger partial charge in [-0.05, 0) is 55.8 Å². The first kappa shape index (κ1) is 23.4. The van der Waals surface area contributed by atoms with Crippen molar-refractivity contribution in [3.63, 3.8) is 0 Å². The number of rotatable bonds is 8. The quantitative estimate of drug-likeness (QED) is 0.339. The van der Waals surface area contributed by atoms with E-state index in [2.05, 4.69) is 52.8 Å². The van der Waals surface area contributed by atoms with Crippen molar-refractivity contribution in [2.75, 3.05) is 12.3 Å². The summed E-state index contributed by atoms with van der Waals surface area (Å²) < 4.78 is 8.24. The number of nitrogens with zero attached hydrogens (tertiary/aromatic N) is 3. The Morgan fingerprint density at radius 1 is 1.06 bits per heavy atom. The second kappa shape index (κ2) is 10.5. The van der Waals surface area contributed by atoms with Crippen LogP contribution < -0.4 is 15.8 Å². The van der Waals surface area contributed by atoms with Crippen LogP contribution in [-0.2, 0) is 6.61 Å². The molecule has 0 atom stereocenters. The lowest BCUT2D eigenvalue weighted by Crippen LogP contribution is -2.31. The van der Waals surface area contributed by atoms with E-state index in [0.29, 0.717) is 24.4 Å². The Kier molecular flexibility index (Phi) is 7.00. The normalized spacial score (nSPS) is 18.3. The molecule has 1 aliphatic rings. The Hall–Kier alpha value is -3.38. The van der Waals surface area contributed by atoms with Gasteiger partial charge in [-0.25, -0.2) is 9.97 Å².